The molecule has 0 aliphatic heterocycles. The van der Waals surface area contributed by atoms with E-state index in [9.17, 15) is 19.9 Å². The van der Waals surface area contributed by atoms with Gasteiger partial charge in [-0.25, -0.2) is 0 Å². The van der Waals surface area contributed by atoms with Gasteiger partial charge in [-0.05, 0) is 68.0 Å². The van der Waals surface area contributed by atoms with Gasteiger partial charge in [-0.15, -0.1) is 0 Å². The summed E-state index contributed by atoms with van der Waals surface area (Å²) in [5.74, 6) is -2.83. The van der Waals surface area contributed by atoms with Gasteiger partial charge in [-0.3, -0.25) is 9.59 Å². The molecular weight excluding hydrogens is 470 g/mol. The van der Waals surface area contributed by atoms with Crippen molar-refractivity contribution >= 4 is 11.8 Å². The zero-order chi connectivity index (χ0) is 27.4. The Hall–Kier alpha value is -3.87. The van der Waals surface area contributed by atoms with Crippen LogP contribution in [0.3, 0.4) is 0 Å². The average molecular weight is 506 g/mol. The molecule has 0 bridgehead atoms. The molecular formula is C30H35NO6. The fraction of sp³-hybridized carbons (Fsp3) is 0.367. The van der Waals surface area contributed by atoms with Gasteiger partial charge in [0.2, 0.25) is 11.5 Å². The number of ketones is 1. The maximum atomic E-state index is 13.1. The predicted molar refractivity (Wildman–Crippen MR) is 141 cm³/mol. The van der Waals surface area contributed by atoms with Gasteiger partial charge < -0.3 is 19.8 Å². The normalized spacial score (nSPS) is 12.8. The van der Waals surface area contributed by atoms with Gasteiger partial charge in [0.25, 0.3) is 0 Å². The molecule has 2 aromatic carbocycles. The number of aromatic hydroxyl groups is 1. The summed E-state index contributed by atoms with van der Waals surface area (Å²) in [5, 5.41) is 22.4. The number of ether oxygens (including phenoxy) is 2. The number of aromatic nitrogens is 1. The number of pyridine rings is 1. The SMILES string of the molecule is COc1cc[n+]([O-])c(C(=O)C[C@@H](C)C(=O)O[C@@H](C)C(c2ccc(C)c(C)c2)c2ccc(C)c(C)c2)c1O. The highest BCUT2D eigenvalue weighted by atomic mass is 16.5. The maximum Gasteiger partial charge on any atom is 0.309 e. The molecule has 0 radical (unpaired) electrons. The van der Waals surface area contributed by atoms with E-state index in [1.165, 1.54) is 24.3 Å². The second-order valence-corrected chi connectivity index (χ2v) is 9.74. The van der Waals surface area contributed by atoms with Gasteiger partial charge in [0, 0.05) is 18.4 Å². The molecule has 3 aromatic rings. The van der Waals surface area contributed by atoms with E-state index in [1.807, 2.05) is 6.92 Å². The summed E-state index contributed by atoms with van der Waals surface area (Å²) in [6, 6.07) is 13.7. The number of carbonyl (C=O) groups excluding carboxylic acids is 2. The molecule has 0 spiro atoms. The Kier molecular flexibility index (Phi) is 8.58. The highest BCUT2D eigenvalue weighted by Crippen LogP contribution is 2.33. The number of Topliss-reactive ketones (excluding diaryl/α,β-unsaturated/α-hetero) is 1. The van der Waals surface area contributed by atoms with E-state index in [4.69, 9.17) is 9.47 Å². The van der Waals surface area contributed by atoms with E-state index in [-0.39, 0.29) is 22.8 Å². The zero-order valence-corrected chi connectivity index (χ0v) is 22.5. The number of hydrogen-bond acceptors (Lipinski definition) is 6. The molecule has 7 heteroatoms. The topological polar surface area (TPSA) is 99.8 Å². The van der Waals surface area contributed by atoms with E-state index < -0.39 is 35.2 Å². The minimum absolute atomic E-state index is 0.00364. The third-order valence-electron chi connectivity index (χ3n) is 6.97. The lowest BCUT2D eigenvalue weighted by Crippen LogP contribution is -2.35. The smallest absolute Gasteiger partial charge is 0.309 e. The van der Waals surface area contributed by atoms with Crippen molar-refractivity contribution < 1.29 is 28.9 Å². The second kappa shape index (κ2) is 11.5. The monoisotopic (exact) mass is 505 g/mol. The minimum atomic E-state index is -0.833. The molecule has 0 unspecified atom stereocenters. The maximum absolute atomic E-state index is 13.1. The van der Waals surface area contributed by atoms with Crippen LogP contribution in [-0.2, 0) is 9.53 Å². The number of benzene rings is 2. The highest BCUT2D eigenvalue weighted by molar-refractivity contribution is 5.98. The number of methoxy groups -OCH3 is 1. The first-order valence-electron chi connectivity index (χ1n) is 12.3. The molecule has 2 atom stereocenters. The van der Waals surface area contributed by atoms with E-state index in [2.05, 4.69) is 64.1 Å². The fourth-order valence-corrected chi connectivity index (χ4v) is 4.41. The Balaban J connectivity index is 1.84. The van der Waals surface area contributed by atoms with Crippen LogP contribution < -0.4 is 9.47 Å². The largest absolute Gasteiger partial charge is 0.618 e. The molecule has 3 rings (SSSR count). The molecule has 1 N–H and O–H groups in total. The molecule has 0 saturated heterocycles. The average Bonchev–Trinajstić information content (AvgIpc) is 2.83. The molecule has 0 saturated carbocycles. The predicted octanol–water partition coefficient (Wildman–Crippen LogP) is 5.24. The van der Waals surface area contributed by atoms with Crippen LogP contribution >= 0.6 is 0 Å². The van der Waals surface area contributed by atoms with Gasteiger partial charge in [0.15, 0.2) is 11.9 Å². The van der Waals surface area contributed by atoms with Crippen molar-refractivity contribution in [1.82, 2.24) is 0 Å². The first-order valence-corrected chi connectivity index (χ1v) is 12.3. The van der Waals surface area contributed by atoms with Crippen molar-refractivity contribution in [1.29, 1.82) is 0 Å². The molecule has 0 aliphatic rings. The first-order chi connectivity index (χ1) is 17.4. The Morgan fingerprint density at radius 2 is 1.46 bits per heavy atom. The fourth-order valence-electron chi connectivity index (χ4n) is 4.41. The van der Waals surface area contributed by atoms with Crippen LogP contribution in [0.5, 0.6) is 11.5 Å². The summed E-state index contributed by atoms with van der Waals surface area (Å²) in [6.45, 7) is 11.6. The number of aryl methyl sites for hydroxylation is 4. The summed E-state index contributed by atoms with van der Waals surface area (Å²) >= 11 is 0. The Morgan fingerprint density at radius 1 is 0.919 bits per heavy atom. The molecule has 196 valence electrons. The van der Waals surface area contributed by atoms with Gasteiger partial charge in [-0.2, -0.15) is 4.73 Å². The van der Waals surface area contributed by atoms with Crippen molar-refractivity contribution in [2.75, 3.05) is 7.11 Å². The lowest BCUT2D eigenvalue weighted by atomic mass is 9.84. The van der Waals surface area contributed by atoms with Crippen molar-refractivity contribution in [3.8, 4) is 11.5 Å². The third kappa shape index (κ3) is 6.10. The minimum Gasteiger partial charge on any atom is -0.618 e. The van der Waals surface area contributed by atoms with Gasteiger partial charge >= 0.3 is 11.7 Å². The van der Waals surface area contributed by atoms with Crippen molar-refractivity contribution in [2.45, 2.75) is 60.0 Å². The number of esters is 1. The summed E-state index contributed by atoms with van der Waals surface area (Å²) < 4.78 is 11.2. The van der Waals surface area contributed by atoms with Crippen LogP contribution in [0.2, 0.25) is 0 Å². The van der Waals surface area contributed by atoms with Crippen molar-refractivity contribution in [3.63, 3.8) is 0 Å². The standard InChI is InChI=1S/C30H35NO6/c1-17-8-10-23(14-19(17)3)27(24-11-9-18(2)20(4)15-24)22(6)37-30(34)21(5)16-25(32)28-29(33)26(36-7)12-13-31(28)35/h8-15,21-22,27,33H,16H2,1-7H3/t21-,22+/m1/s1. The van der Waals surface area contributed by atoms with E-state index in [0.717, 1.165) is 28.5 Å². The number of rotatable bonds is 9. The summed E-state index contributed by atoms with van der Waals surface area (Å²) in [5.41, 5.74) is 6.25. The van der Waals surface area contributed by atoms with Gasteiger partial charge in [-0.1, -0.05) is 43.3 Å². The van der Waals surface area contributed by atoms with E-state index in [0.29, 0.717) is 0 Å². The molecule has 1 heterocycles. The van der Waals surface area contributed by atoms with E-state index in [1.54, 1.807) is 6.92 Å². The summed E-state index contributed by atoms with van der Waals surface area (Å²) in [6.07, 6.45) is 0.255. The molecule has 7 nitrogen and oxygen atoms in total. The number of carbonyl (C=O) groups is 2. The molecule has 0 fully saturated rings. The Morgan fingerprint density at radius 3 is 1.95 bits per heavy atom. The summed E-state index contributed by atoms with van der Waals surface area (Å²) in [4.78, 5) is 25.9. The molecule has 0 aliphatic carbocycles. The van der Waals surface area contributed by atoms with Gasteiger partial charge in [0.05, 0.1) is 13.0 Å². The highest BCUT2D eigenvalue weighted by Gasteiger charge is 2.31. The van der Waals surface area contributed by atoms with Crippen molar-refractivity contribution in [2.24, 2.45) is 5.92 Å². The molecule has 37 heavy (non-hydrogen) atoms. The zero-order valence-electron chi connectivity index (χ0n) is 22.5. The summed E-state index contributed by atoms with van der Waals surface area (Å²) in [7, 11) is 1.32. The van der Waals surface area contributed by atoms with Crippen LogP contribution in [0.1, 0.15) is 70.1 Å². The lowest BCUT2D eigenvalue weighted by Gasteiger charge is -2.27. The van der Waals surface area contributed by atoms with Crippen LogP contribution in [-0.4, -0.2) is 30.1 Å². The Labute approximate surface area is 218 Å². The van der Waals surface area contributed by atoms with Gasteiger partial charge in [0.1, 0.15) is 6.10 Å². The van der Waals surface area contributed by atoms with E-state index >= 15 is 0 Å². The molecule has 1 aromatic heterocycles. The van der Waals surface area contributed by atoms with Crippen LogP contribution in [0.4, 0.5) is 0 Å². The van der Waals surface area contributed by atoms with Crippen molar-refractivity contribution in [3.05, 3.63) is 92.9 Å². The number of nitrogens with zero attached hydrogens (tertiary/aromatic N) is 1. The van der Waals surface area contributed by atoms with Crippen LogP contribution in [0.15, 0.2) is 48.7 Å². The third-order valence-corrected chi connectivity index (χ3v) is 6.97. The quantitative estimate of drug-likeness (QED) is 0.185. The lowest BCUT2D eigenvalue weighted by molar-refractivity contribution is -0.608. The Bertz CT molecular complexity index is 1260. The van der Waals surface area contributed by atoms with Crippen LogP contribution in [0.25, 0.3) is 0 Å². The van der Waals surface area contributed by atoms with Crippen LogP contribution in [0, 0.1) is 38.8 Å². The molecule has 0 amide bonds. The first kappa shape index (κ1) is 27.7. The number of hydrogen-bond donors (Lipinski definition) is 1. The second-order valence-electron chi connectivity index (χ2n) is 9.74.